The number of aryl methyl sites for hydroxylation is 2. The molecular weight excluding hydrogens is 334 g/mol. The summed E-state index contributed by atoms with van der Waals surface area (Å²) in [4.78, 5) is 14.7. The number of likely N-dealkylation sites (tertiary alicyclic amines) is 1. The maximum atomic E-state index is 12.7. The number of tetrazole rings is 1. The number of carbonyl (C=O) groups excluding carboxylic acids is 1. The number of nitrogens with zero attached hydrogens (tertiary/aromatic N) is 5. The maximum Gasteiger partial charge on any atom is 0.233 e. The van der Waals surface area contributed by atoms with Gasteiger partial charge in [-0.05, 0) is 80.6 Å². The Labute approximate surface area is 153 Å². The summed E-state index contributed by atoms with van der Waals surface area (Å²) in [6.45, 7) is 8.42. The standard InChI is InChI=1S/C18H25N5OS/c1-12-8-9-16(10-13(12)2)23-18(19-20-21-23)25-11-17(24)22-14(3)6-5-7-15(22)4/h8-10,14-15H,5-7,11H2,1-4H3/t14-,15-/m0/s1. The molecule has 2 atom stereocenters. The van der Waals surface area contributed by atoms with E-state index in [4.69, 9.17) is 0 Å². The smallest absolute Gasteiger partial charge is 0.233 e. The second-order valence-electron chi connectivity index (χ2n) is 6.86. The van der Waals surface area contributed by atoms with E-state index in [0.29, 0.717) is 23.0 Å². The van der Waals surface area contributed by atoms with Crippen molar-refractivity contribution in [3.05, 3.63) is 29.3 Å². The lowest BCUT2D eigenvalue weighted by Gasteiger charge is -2.39. The van der Waals surface area contributed by atoms with Crippen LogP contribution in [0.2, 0.25) is 0 Å². The predicted octanol–water partition coefficient (Wildman–Crippen LogP) is 3.16. The molecule has 25 heavy (non-hydrogen) atoms. The number of piperidine rings is 1. The molecule has 2 heterocycles. The highest BCUT2D eigenvalue weighted by Crippen LogP contribution is 2.25. The SMILES string of the molecule is Cc1ccc(-n2nnnc2SCC(=O)N2[C@@H](C)CCC[C@@H]2C)cc1C. The minimum atomic E-state index is 0.166. The van der Waals surface area contributed by atoms with Crippen molar-refractivity contribution in [2.45, 2.75) is 64.2 Å². The van der Waals surface area contributed by atoms with Crippen LogP contribution >= 0.6 is 11.8 Å². The molecule has 1 aliphatic rings. The third-order valence-electron chi connectivity index (χ3n) is 4.98. The Bertz CT molecular complexity index is 750. The molecule has 0 saturated carbocycles. The lowest BCUT2D eigenvalue weighted by Crippen LogP contribution is -2.48. The van der Waals surface area contributed by atoms with Gasteiger partial charge in [0.1, 0.15) is 0 Å². The molecule has 2 aromatic rings. The van der Waals surface area contributed by atoms with Gasteiger partial charge in [-0.3, -0.25) is 4.79 Å². The van der Waals surface area contributed by atoms with E-state index in [0.717, 1.165) is 18.5 Å². The van der Waals surface area contributed by atoms with Gasteiger partial charge in [0, 0.05) is 12.1 Å². The highest BCUT2D eigenvalue weighted by Gasteiger charge is 2.29. The molecule has 0 bridgehead atoms. The van der Waals surface area contributed by atoms with E-state index in [2.05, 4.69) is 55.4 Å². The van der Waals surface area contributed by atoms with Crippen molar-refractivity contribution in [2.24, 2.45) is 0 Å². The summed E-state index contributed by atoms with van der Waals surface area (Å²) in [5.74, 6) is 0.527. The van der Waals surface area contributed by atoms with Gasteiger partial charge < -0.3 is 4.90 Å². The highest BCUT2D eigenvalue weighted by atomic mass is 32.2. The minimum Gasteiger partial charge on any atom is -0.337 e. The van der Waals surface area contributed by atoms with Gasteiger partial charge in [0.25, 0.3) is 0 Å². The first-order valence-electron chi connectivity index (χ1n) is 8.77. The molecule has 3 rings (SSSR count). The molecule has 0 unspecified atom stereocenters. The predicted molar refractivity (Wildman–Crippen MR) is 99.0 cm³/mol. The normalized spacial score (nSPS) is 20.7. The van der Waals surface area contributed by atoms with Crippen LogP contribution < -0.4 is 0 Å². The third kappa shape index (κ3) is 3.86. The summed E-state index contributed by atoms with van der Waals surface area (Å²) in [7, 11) is 0. The summed E-state index contributed by atoms with van der Waals surface area (Å²) in [6.07, 6.45) is 3.37. The highest BCUT2D eigenvalue weighted by molar-refractivity contribution is 7.99. The molecule has 7 heteroatoms. The van der Waals surface area contributed by atoms with Crippen molar-refractivity contribution in [1.82, 2.24) is 25.1 Å². The average Bonchev–Trinajstić information content (AvgIpc) is 3.04. The average molecular weight is 359 g/mol. The Hall–Kier alpha value is -1.89. The maximum absolute atomic E-state index is 12.7. The first-order chi connectivity index (χ1) is 12.0. The van der Waals surface area contributed by atoms with Crippen LogP contribution in [-0.2, 0) is 4.79 Å². The van der Waals surface area contributed by atoms with E-state index in [1.165, 1.54) is 29.3 Å². The number of carbonyl (C=O) groups is 1. The van der Waals surface area contributed by atoms with Gasteiger partial charge in [0.2, 0.25) is 11.1 Å². The van der Waals surface area contributed by atoms with Crippen LogP contribution in [0, 0.1) is 13.8 Å². The van der Waals surface area contributed by atoms with Crippen LogP contribution in [0.15, 0.2) is 23.4 Å². The van der Waals surface area contributed by atoms with Gasteiger partial charge in [0.15, 0.2) is 0 Å². The lowest BCUT2D eigenvalue weighted by molar-refractivity contribution is -0.134. The fraction of sp³-hybridized carbons (Fsp3) is 0.556. The number of benzene rings is 1. The van der Waals surface area contributed by atoms with Crippen molar-refractivity contribution in [1.29, 1.82) is 0 Å². The topological polar surface area (TPSA) is 63.9 Å². The van der Waals surface area contributed by atoms with Gasteiger partial charge in [0.05, 0.1) is 11.4 Å². The third-order valence-corrected chi connectivity index (χ3v) is 5.89. The minimum absolute atomic E-state index is 0.166. The summed E-state index contributed by atoms with van der Waals surface area (Å²) in [5.41, 5.74) is 3.34. The number of hydrogen-bond donors (Lipinski definition) is 0. The van der Waals surface area contributed by atoms with Crippen LogP contribution in [0.1, 0.15) is 44.2 Å². The number of aromatic nitrogens is 4. The summed E-state index contributed by atoms with van der Waals surface area (Å²) in [5, 5.41) is 12.6. The zero-order valence-corrected chi connectivity index (χ0v) is 16.1. The largest absolute Gasteiger partial charge is 0.337 e. The molecule has 1 aromatic heterocycles. The van der Waals surface area contributed by atoms with E-state index >= 15 is 0 Å². The fourth-order valence-electron chi connectivity index (χ4n) is 3.40. The molecule has 1 fully saturated rings. The zero-order chi connectivity index (χ0) is 18.0. The van der Waals surface area contributed by atoms with Crippen molar-refractivity contribution >= 4 is 17.7 Å². The van der Waals surface area contributed by atoms with Gasteiger partial charge in [-0.1, -0.05) is 17.8 Å². The molecule has 134 valence electrons. The Morgan fingerprint density at radius 3 is 2.60 bits per heavy atom. The van der Waals surface area contributed by atoms with Crippen LogP contribution in [0.25, 0.3) is 5.69 Å². The molecular formula is C18H25N5OS. The van der Waals surface area contributed by atoms with Crippen LogP contribution in [0.5, 0.6) is 0 Å². The van der Waals surface area contributed by atoms with E-state index in [9.17, 15) is 4.79 Å². The van der Waals surface area contributed by atoms with Gasteiger partial charge in [-0.25, -0.2) is 0 Å². The Morgan fingerprint density at radius 2 is 1.92 bits per heavy atom. The van der Waals surface area contributed by atoms with Gasteiger partial charge >= 0.3 is 0 Å². The number of amides is 1. The number of rotatable bonds is 4. The summed E-state index contributed by atoms with van der Waals surface area (Å²) in [6, 6.07) is 6.74. The van der Waals surface area contributed by atoms with Crippen molar-refractivity contribution < 1.29 is 4.79 Å². The summed E-state index contributed by atoms with van der Waals surface area (Å²) >= 11 is 1.40. The zero-order valence-electron chi connectivity index (χ0n) is 15.3. The monoisotopic (exact) mass is 359 g/mol. The molecule has 1 aromatic carbocycles. The van der Waals surface area contributed by atoms with Crippen LogP contribution in [0.3, 0.4) is 0 Å². The summed E-state index contributed by atoms with van der Waals surface area (Å²) < 4.78 is 1.70. The molecule has 0 N–H and O–H groups in total. The number of thioether (sulfide) groups is 1. The second kappa shape index (κ2) is 7.56. The molecule has 0 aliphatic carbocycles. The molecule has 0 radical (unpaired) electrons. The number of hydrogen-bond acceptors (Lipinski definition) is 5. The van der Waals surface area contributed by atoms with E-state index in [1.807, 2.05) is 11.0 Å². The second-order valence-corrected chi connectivity index (χ2v) is 7.80. The quantitative estimate of drug-likeness (QED) is 0.785. The van der Waals surface area contributed by atoms with Crippen LogP contribution in [0.4, 0.5) is 0 Å². The van der Waals surface area contributed by atoms with Gasteiger partial charge in [-0.2, -0.15) is 4.68 Å². The molecule has 0 spiro atoms. The molecule has 1 saturated heterocycles. The fourth-order valence-corrected chi connectivity index (χ4v) is 4.16. The molecule has 1 amide bonds. The molecule has 6 nitrogen and oxygen atoms in total. The van der Waals surface area contributed by atoms with E-state index in [-0.39, 0.29) is 5.91 Å². The molecule has 1 aliphatic heterocycles. The van der Waals surface area contributed by atoms with Crippen molar-refractivity contribution in [3.8, 4) is 5.69 Å². The first-order valence-corrected chi connectivity index (χ1v) is 9.76. The van der Waals surface area contributed by atoms with Crippen molar-refractivity contribution in [2.75, 3.05) is 5.75 Å². The Balaban J connectivity index is 1.71. The lowest BCUT2D eigenvalue weighted by atomic mass is 9.98. The first kappa shape index (κ1) is 17.9. The van der Waals surface area contributed by atoms with Gasteiger partial charge in [-0.15, -0.1) is 5.10 Å². The van der Waals surface area contributed by atoms with E-state index < -0.39 is 0 Å². The van der Waals surface area contributed by atoms with Crippen LogP contribution in [-0.4, -0.2) is 48.9 Å². The Morgan fingerprint density at radius 1 is 1.20 bits per heavy atom. The Kier molecular flexibility index (Phi) is 5.42. The van der Waals surface area contributed by atoms with Crippen molar-refractivity contribution in [3.63, 3.8) is 0 Å². The van der Waals surface area contributed by atoms with E-state index in [1.54, 1.807) is 4.68 Å².